The molecule has 0 N–H and O–H groups in total. The summed E-state index contributed by atoms with van der Waals surface area (Å²) in [6.07, 6.45) is 0. The molecule has 1 aromatic heterocycles. The second-order valence-electron chi connectivity index (χ2n) is 8.05. The van der Waals surface area contributed by atoms with Gasteiger partial charge in [0.05, 0.1) is 22.9 Å². The van der Waals surface area contributed by atoms with Crippen LogP contribution in [0, 0.1) is 11.3 Å². The fourth-order valence-electron chi connectivity index (χ4n) is 4.35. The van der Waals surface area contributed by atoms with Crippen molar-refractivity contribution in [1.82, 2.24) is 9.80 Å². The average molecular weight is 455 g/mol. The summed E-state index contributed by atoms with van der Waals surface area (Å²) in [5, 5.41) is 11.0. The van der Waals surface area contributed by atoms with Gasteiger partial charge >= 0.3 is 0 Å². The number of nitrogens with zero attached hydrogens (tertiary/aromatic N) is 4. The molecule has 1 fully saturated rings. The number of piperazine rings is 1. The van der Waals surface area contributed by atoms with Crippen LogP contribution in [0.25, 0.3) is 5.57 Å². The van der Waals surface area contributed by atoms with Gasteiger partial charge in [-0.05, 0) is 41.3 Å². The molecule has 33 heavy (non-hydrogen) atoms. The molecule has 0 saturated carbocycles. The standard InChI is InChI=1S/C26H22N4O2S/c27-17-19-8-10-21(11-9-19)30-25(31)23(22-7-4-16-33-22)24(26(30)32)29-14-12-28(13-15-29)18-20-5-2-1-3-6-20/h1-11,16H,12-15,18H2. The second-order valence-corrected chi connectivity index (χ2v) is 9.00. The lowest BCUT2D eigenvalue weighted by atomic mass is 10.1. The molecule has 0 atom stereocenters. The number of rotatable bonds is 5. The van der Waals surface area contributed by atoms with Crippen molar-refractivity contribution >= 4 is 34.4 Å². The van der Waals surface area contributed by atoms with E-state index >= 15 is 0 Å². The lowest BCUT2D eigenvalue weighted by molar-refractivity contribution is -0.120. The van der Waals surface area contributed by atoms with E-state index in [9.17, 15) is 9.59 Å². The van der Waals surface area contributed by atoms with Crippen LogP contribution < -0.4 is 4.90 Å². The van der Waals surface area contributed by atoms with Crippen LogP contribution >= 0.6 is 11.3 Å². The molecular weight excluding hydrogens is 432 g/mol. The first-order valence-corrected chi connectivity index (χ1v) is 11.7. The molecule has 2 aliphatic rings. The number of thiophene rings is 1. The first kappa shape index (κ1) is 21.1. The maximum Gasteiger partial charge on any atom is 0.282 e. The third-order valence-electron chi connectivity index (χ3n) is 6.02. The lowest BCUT2D eigenvalue weighted by Gasteiger charge is -2.36. The van der Waals surface area contributed by atoms with Crippen molar-refractivity contribution in [2.24, 2.45) is 0 Å². The summed E-state index contributed by atoms with van der Waals surface area (Å²) < 4.78 is 0. The number of hydrogen-bond donors (Lipinski definition) is 0. The SMILES string of the molecule is N#Cc1ccc(N2C(=O)C(c3cccs3)=C(N3CCN(Cc4ccccc4)CC3)C2=O)cc1. The molecule has 0 aliphatic carbocycles. The molecule has 0 unspecified atom stereocenters. The number of carbonyl (C=O) groups is 2. The fourth-order valence-corrected chi connectivity index (χ4v) is 5.11. The topological polar surface area (TPSA) is 67.7 Å². The van der Waals surface area contributed by atoms with Gasteiger partial charge in [0.1, 0.15) is 5.70 Å². The van der Waals surface area contributed by atoms with Crippen molar-refractivity contribution in [3.05, 3.63) is 93.8 Å². The number of hydrogen-bond acceptors (Lipinski definition) is 6. The zero-order valence-corrected chi connectivity index (χ0v) is 18.8. The van der Waals surface area contributed by atoms with Crippen LogP contribution in [0.4, 0.5) is 5.69 Å². The van der Waals surface area contributed by atoms with E-state index in [1.807, 2.05) is 35.7 Å². The first-order valence-electron chi connectivity index (χ1n) is 10.8. The quantitative estimate of drug-likeness (QED) is 0.550. The van der Waals surface area contributed by atoms with Crippen LogP contribution in [-0.2, 0) is 16.1 Å². The number of amides is 2. The summed E-state index contributed by atoms with van der Waals surface area (Å²) >= 11 is 1.46. The summed E-state index contributed by atoms with van der Waals surface area (Å²) in [5.41, 5.74) is 3.18. The van der Waals surface area contributed by atoms with Gasteiger partial charge in [-0.3, -0.25) is 14.5 Å². The molecule has 2 aromatic carbocycles. The van der Waals surface area contributed by atoms with Gasteiger partial charge < -0.3 is 4.90 Å². The summed E-state index contributed by atoms with van der Waals surface area (Å²) in [6.45, 7) is 3.85. The Bertz CT molecular complexity index is 1240. The highest BCUT2D eigenvalue weighted by molar-refractivity contribution is 7.11. The Morgan fingerprint density at radius 1 is 0.848 bits per heavy atom. The molecule has 0 radical (unpaired) electrons. The fraction of sp³-hybridized carbons (Fsp3) is 0.192. The zero-order chi connectivity index (χ0) is 22.8. The molecule has 7 heteroatoms. The number of carbonyl (C=O) groups excluding carboxylic acids is 2. The Morgan fingerprint density at radius 2 is 1.58 bits per heavy atom. The zero-order valence-electron chi connectivity index (χ0n) is 18.0. The van der Waals surface area contributed by atoms with Gasteiger partial charge in [-0.2, -0.15) is 5.26 Å². The molecule has 2 aliphatic heterocycles. The Balaban J connectivity index is 1.41. The number of nitriles is 1. The van der Waals surface area contributed by atoms with E-state index in [1.54, 1.807) is 24.3 Å². The van der Waals surface area contributed by atoms with E-state index in [1.165, 1.54) is 21.8 Å². The Morgan fingerprint density at radius 3 is 2.21 bits per heavy atom. The summed E-state index contributed by atoms with van der Waals surface area (Å²) in [7, 11) is 0. The Labute approximate surface area is 196 Å². The maximum atomic E-state index is 13.6. The van der Waals surface area contributed by atoms with Gasteiger partial charge in [0.15, 0.2) is 0 Å². The van der Waals surface area contributed by atoms with Crippen LogP contribution in [0.5, 0.6) is 0 Å². The summed E-state index contributed by atoms with van der Waals surface area (Å²) in [6, 6.07) is 22.8. The van der Waals surface area contributed by atoms with E-state index in [2.05, 4.69) is 28.0 Å². The molecule has 2 amide bonds. The van der Waals surface area contributed by atoms with Gasteiger partial charge in [-0.15, -0.1) is 11.3 Å². The molecule has 0 bridgehead atoms. The highest BCUT2D eigenvalue weighted by atomic mass is 32.1. The summed E-state index contributed by atoms with van der Waals surface area (Å²) in [5.74, 6) is -0.613. The molecule has 1 saturated heterocycles. The molecule has 3 aromatic rings. The number of anilines is 1. The molecule has 5 rings (SSSR count). The molecule has 164 valence electrons. The normalized spacial score (nSPS) is 17.1. The van der Waals surface area contributed by atoms with E-state index < -0.39 is 0 Å². The third-order valence-corrected chi connectivity index (χ3v) is 6.91. The van der Waals surface area contributed by atoms with Crippen molar-refractivity contribution in [3.63, 3.8) is 0 Å². The van der Waals surface area contributed by atoms with Crippen LogP contribution in [0.2, 0.25) is 0 Å². The molecular formula is C26H22N4O2S. The van der Waals surface area contributed by atoms with Crippen LogP contribution in [-0.4, -0.2) is 47.8 Å². The van der Waals surface area contributed by atoms with Crippen molar-refractivity contribution in [2.45, 2.75) is 6.54 Å². The second kappa shape index (κ2) is 9.02. The molecule has 6 nitrogen and oxygen atoms in total. The average Bonchev–Trinajstić information content (AvgIpc) is 3.46. The van der Waals surface area contributed by atoms with Crippen molar-refractivity contribution in [3.8, 4) is 6.07 Å². The highest BCUT2D eigenvalue weighted by Crippen LogP contribution is 2.37. The van der Waals surface area contributed by atoms with Crippen LogP contribution in [0.1, 0.15) is 16.0 Å². The molecule has 3 heterocycles. The summed E-state index contributed by atoms with van der Waals surface area (Å²) in [4.78, 5) is 33.5. The minimum atomic E-state index is -0.311. The van der Waals surface area contributed by atoms with Gasteiger partial charge in [0.25, 0.3) is 11.8 Å². The molecule has 0 spiro atoms. The largest absolute Gasteiger partial charge is 0.364 e. The minimum Gasteiger partial charge on any atom is -0.364 e. The predicted octanol–water partition coefficient (Wildman–Crippen LogP) is 3.72. The van der Waals surface area contributed by atoms with Gasteiger partial charge in [0, 0.05) is 37.6 Å². The highest BCUT2D eigenvalue weighted by Gasteiger charge is 2.43. The van der Waals surface area contributed by atoms with Crippen LogP contribution in [0.15, 0.2) is 77.8 Å². The predicted molar refractivity (Wildman–Crippen MR) is 128 cm³/mol. The van der Waals surface area contributed by atoms with Crippen LogP contribution in [0.3, 0.4) is 0 Å². The van der Waals surface area contributed by atoms with Gasteiger partial charge in [-0.1, -0.05) is 36.4 Å². The minimum absolute atomic E-state index is 0.301. The first-order chi connectivity index (χ1) is 16.2. The Hall–Kier alpha value is -3.73. The maximum absolute atomic E-state index is 13.6. The van der Waals surface area contributed by atoms with Crippen molar-refractivity contribution in [1.29, 1.82) is 5.26 Å². The van der Waals surface area contributed by atoms with Crippen molar-refractivity contribution in [2.75, 3.05) is 31.1 Å². The number of imide groups is 1. The van der Waals surface area contributed by atoms with Gasteiger partial charge in [-0.25, -0.2) is 4.90 Å². The number of benzene rings is 2. The lowest BCUT2D eigenvalue weighted by Crippen LogP contribution is -2.47. The van der Waals surface area contributed by atoms with E-state index in [0.29, 0.717) is 35.6 Å². The third kappa shape index (κ3) is 4.07. The smallest absolute Gasteiger partial charge is 0.282 e. The van der Waals surface area contributed by atoms with Crippen molar-refractivity contribution < 1.29 is 9.59 Å². The monoisotopic (exact) mass is 454 g/mol. The van der Waals surface area contributed by atoms with E-state index in [0.717, 1.165) is 24.5 Å². The van der Waals surface area contributed by atoms with E-state index in [4.69, 9.17) is 5.26 Å². The van der Waals surface area contributed by atoms with Gasteiger partial charge in [0.2, 0.25) is 0 Å². The van der Waals surface area contributed by atoms with E-state index in [-0.39, 0.29) is 11.8 Å². The Kier molecular flexibility index (Phi) is 5.78.